The first-order valence-corrected chi connectivity index (χ1v) is 8.45. The highest BCUT2D eigenvalue weighted by Crippen LogP contribution is 2.39. The molecule has 1 aliphatic carbocycles. The van der Waals surface area contributed by atoms with Crippen molar-refractivity contribution in [1.29, 1.82) is 0 Å². The van der Waals surface area contributed by atoms with E-state index in [0.717, 1.165) is 16.3 Å². The predicted molar refractivity (Wildman–Crippen MR) is 89.2 cm³/mol. The number of nitrogens with zero attached hydrogens (tertiary/aromatic N) is 3. The van der Waals surface area contributed by atoms with Crippen LogP contribution in [-0.4, -0.2) is 20.8 Å². The van der Waals surface area contributed by atoms with Crippen LogP contribution in [0.1, 0.15) is 36.9 Å². The van der Waals surface area contributed by atoms with Crippen LogP contribution in [0.4, 0.5) is 5.82 Å². The Bertz CT molecular complexity index is 824. The Morgan fingerprint density at radius 2 is 2.05 bits per heavy atom. The van der Waals surface area contributed by atoms with Gasteiger partial charge in [-0.3, -0.25) is 4.68 Å². The van der Waals surface area contributed by atoms with E-state index in [1.54, 1.807) is 11.3 Å². The molecule has 0 amide bonds. The van der Waals surface area contributed by atoms with Crippen molar-refractivity contribution in [3.63, 3.8) is 0 Å². The topological polar surface area (TPSA) is 42.7 Å². The van der Waals surface area contributed by atoms with Crippen LogP contribution in [0.25, 0.3) is 20.4 Å². The Kier molecular flexibility index (Phi) is 2.92. The van der Waals surface area contributed by atoms with Crippen molar-refractivity contribution in [3.05, 3.63) is 17.3 Å². The molecule has 0 bridgehead atoms. The molecule has 4 rings (SSSR count). The zero-order chi connectivity index (χ0) is 14.6. The summed E-state index contributed by atoms with van der Waals surface area (Å²) in [5, 5.41) is 9.62. The second-order valence-corrected chi connectivity index (χ2v) is 7.14. The first-order valence-electron chi connectivity index (χ1n) is 7.63. The zero-order valence-electron chi connectivity index (χ0n) is 12.7. The van der Waals surface area contributed by atoms with E-state index < -0.39 is 0 Å². The molecular weight excluding hydrogens is 280 g/mol. The number of thiophene rings is 1. The minimum Gasteiger partial charge on any atom is -0.365 e. The van der Waals surface area contributed by atoms with Crippen LogP contribution in [0.5, 0.6) is 0 Å². The van der Waals surface area contributed by atoms with Gasteiger partial charge in [-0.05, 0) is 38.3 Å². The Hall–Kier alpha value is -1.62. The molecule has 3 aromatic rings. The number of anilines is 1. The molecule has 0 saturated heterocycles. The Morgan fingerprint density at radius 3 is 2.81 bits per heavy atom. The average Bonchev–Trinajstić information content (AvgIpc) is 3.09. The molecule has 4 nitrogen and oxygen atoms in total. The molecule has 0 atom stereocenters. The number of aromatic nitrogens is 3. The lowest BCUT2D eigenvalue weighted by Gasteiger charge is -2.10. The van der Waals surface area contributed by atoms with Crippen LogP contribution in [-0.2, 0) is 7.05 Å². The quantitative estimate of drug-likeness (QED) is 0.773. The van der Waals surface area contributed by atoms with E-state index >= 15 is 0 Å². The summed E-state index contributed by atoms with van der Waals surface area (Å²) in [4.78, 5) is 5.84. The lowest BCUT2D eigenvalue weighted by atomic mass is 10.1. The van der Waals surface area contributed by atoms with E-state index in [9.17, 15) is 0 Å². The summed E-state index contributed by atoms with van der Waals surface area (Å²) in [5.41, 5.74) is 3.60. The van der Waals surface area contributed by atoms with Crippen molar-refractivity contribution in [2.24, 2.45) is 7.05 Å². The van der Waals surface area contributed by atoms with Gasteiger partial charge in [-0.25, -0.2) is 4.98 Å². The molecule has 1 fully saturated rings. The number of nitrogens with one attached hydrogen (secondary N) is 1. The van der Waals surface area contributed by atoms with Gasteiger partial charge in [0.1, 0.15) is 4.83 Å². The molecule has 0 aliphatic heterocycles. The third-order valence-corrected chi connectivity index (χ3v) is 5.53. The lowest BCUT2D eigenvalue weighted by Crippen LogP contribution is -2.15. The standard InChI is InChI=1S/C16H20N4S/c1-9-8-10(2)17-16-12(9)13-14(21-16)15(19-20(13)3)18-11-6-4-5-7-11/h8,11H,4-7H2,1-3H3,(H,18,19). The normalized spacial score (nSPS) is 16.3. The monoisotopic (exact) mass is 300 g/mol. The molecule has 3 aromatic heterocycles. The van der Waals surface area contributed by atoms with Crippen molar-refractivity contribution in [1.82, 2.24) is 14.8 Å². The van der Waals surface area contributed by atoms with Crippen LogP contribution in [0.2, 0.25) is 0 Å². The van der Waals surface area contributed by atoms with E-state index in [-0.39, 0.29) is 0 Å². The molecule has 0 radical (unpaired) electrons. The SMILES string of the molecule is Cc1cc(C)c2c(n1)sc1c(NC3CCCC3)nn(C)c12. The van der Waals surface area contributed by atoms with E-state index in [1.807, 2.05) is 11.7 Å². The molecule has 1 saturated carbocycles. The van der Waals surface area contributed by atoms with Gasteiger partial charge in [0, 0.05) is 24.2 Å². The largest absolute Gasteiger partial charge is 0.365 e. The highest BCUT2D eigenvalue weighted by atomic mass is 32.1. The highest BCUT2D eigenvalue weighted by molar-refractivity contribution is 7.26. The van der Waals surface area contributed by atoms with Crippen molar-refractivity contribution >= 4 is 37.6 Å². The highest BCUT2D eigenvalue weighted by Gasteiger charge is 2.21. The van der Waals surface area contributed by atoms with Crippen LogP contribution in [0.3, 0.4) is 0 Å². The first-order chi connectivity index (χ1) is 10.1. The van der Waals surface area contributed by atoms with Crippen molar-refractivity contribution in [2.75, 3.05) is 5.32 Å². The Morgan fingerprint density at radius 1 is 1.29 bits per heavy atom. The van der Waals surface area contributed by atoms with Crippen molar-refractivity contribution in [2.45, 2.75) is 45.6 Å². The molecular formula is C16H20N4S. The molecule has 0 spiro atoms. The summed E-state index contributed by atoms with van der Waals surface area (Å²) < 4.78 is 3.26. The zero-order valence-corrected chi connectivity index (χ0v) is 13.5. The van der Waals surface area contributed by atoms with E-state index in [1.165, 1.54) is 46.8 Å². The van der Waals surface area contributed by atoms with E-state index in [0.29, 0.717) is 6.04 Å². The minimum absolute atomic E-state index is 0.587. The molecule has 0 unspecified atom stereocenters. The summed E-state index contributed by atoms with van der Waals surface area (Å²) in [6, 6.07) is 2.75. The molecule has 110 valence electrons. The van der Waals surface area contributed by atoms with Gasteiger partial charge in [-0.1, -0.05) is 12.8 Å². The maximum Gasteiger partial charge on any atom is 0.166 e. The summed E-state index contributed by atoms with van der Waals surface area (Å²) >= 11 is 1.76. The number of hydrogen-bond acceptors (Lipinski definition) is 4. The van der Waals surface area contributed by atoms with Gasteiger partial charge in [0.25, 0.3) is 0 Å². The molecule has 0 aromatic carbocycles. The molecule has 3 heterocycles. The molecule has 5 heteroatoms. The van der Waals surface area contributed by atoms with Crippen molar-refractivity contribution < 1.29 is 0 Å². The average molecular weight is 300 g/mol. The van der Waals surface area contributed by atoms with Gasteiger partial charge >= 0.3 is 0 Å². The van der Waals surface area contributed by atoms with Gasteiger partial charge in [0.15, 0.2) is 5.82 Å². The van der Waals surface area contributed by atoms with Crippen LogP contribution < -0.4 is 5.32 Å². The smallest absolute Gasteiger partial charge is 0.166 e. The fourth-order valence-corrected chi connectivity index (χ4v) is 4.77. The number of rotatable bonds is 2. The summed E-state index contributed by atoms with van der Waals surface area (Å²) in [6.07, 6.45) is 5.19. The summed E-state index contributed by atoms with van der Waals surface area (Å²) in [6.45, 7) is 4.23. The van der Waals surface area contributed by atoms with Crippen LogP contribution >= 0.6 is 11.3 Å². The minimum atomic E-state index is 0.587. The van der Waals surface area contributed by atoms with Gasteiger partial charge < -0.3 is 5.32 Å². The number of fused-ring (bicyclic) bond motifs is 3. The summed E-state index contributed by atoms with van der Waals surface area (Å²) in [7, 11) is 2.04. The van der Waals surface area contributed by atoms with Gasteiger partial charge in [0.05, 0.1) is 10.2 Å². The molecule has 1 aliphatic rings. The van der Waals surface area contributed by atoms with Crippen molar-refractivity contribution in [3.8, 4) is 0 Å². The maximum atomic E-state index is 4.72. The third-order valence-electron chi connectivity index (χ3n) is 4.45. The fraction of sp³-hybridized carbons (Fsp3) is 0.500. The van der Waals surface area contributed by atoms with Gasteiger partial charge in [0.2, 0.25) is 0 Å². The number of pyridine rings is 1. The second kappa shape index (κ2) is 4.70. The Labute approximate surface area is 128 Å². The van der Waals surface area contributed by atoms with E-state index in [2.05, 4.69) is 25.2 Å². The molecule has 1 N–H and O–H groups in total. The fourth-order valence-electron chi connectivity index (χ4n) is 3.50. The van der Waals surface area contributed by atoms with Gasteiger partial charge in [-0.2, -0.15) is 5.10 Å². The number of hydrogen-bond donors (Lipinski definition) is 1. The summed E-state index contributed by atoms with van der Waals surface area (Å²) in [5.74, 6) is 1.04. The second-order valence-electron chi connectivity index (χ2n) is 6.14. The Balaban J connectivity index is 1.91. The van der Waals surface area contributed by atoms with Gasteiger partial charge in [-0.15, -0.1) is 11.3 Å². The third kappa shape index (κ3) is 2.02. The first kappa shape index (κ1) is 13.1. The van der Waals surface area contributed by atoms with Crippen LogP contribution in [0.15, 0.2) is 6.07 Å². The van der Waals surface area contributed by atoms with Crippen LogP contribution in [0, 0.1) is 13.8 Å². The van der Waals surface area contributed by atoms with E-state index in [4.69, 9.17) is 10.1 Å². The lowest BCUT2D eigenvalue weighted by molar-refractivity contribution is 0.735. The predicted octanol–water partition coefficient (Wildman–Crippen LogP) is 4.15. The maximum absolute atomic E-state index is 4.72. The number of aryl methyl sites for hydroxylation is 3. The molecule has 21 heavy (non-hydrogen) atoms.